The lowest BCUT2D eigenvalue weighted by Gasteiger charge is -2.37. The summed E-state index contributed by atoms with van der Waals surface area (Å²) in [6, 6.07) is 5.43. The maximum absolute atomic E-state index is 9.62. The minimum Gasteiger partial charge on any atom is -0.397 e. The number of nitrogen functional groups attached to an aromatic ring is 1. The highest BCUT2D eigenvalue weighted by Gasteiger charge is 2.31. The van der Waals surface area contributed by atoms with Gasteiger partial charge in [-0.25, -0.2) is 0 Å². The van der Waals surface area contributed by atoms with Crippen LogP contribution in [0.4, 0.5) is 11.4 Å². The van der Waals surface area contributed by atoms with E-state index in [2.05, 4.69) is 5.32 Å². The van der Waals surface area contributed by atoms with E-state index in [9.17, 15) is 5.11 Å². The Bertz CT molecular complexity index is 389. The van der Waals surface area contributed by atoms with Crippen LogP contribution < -0.4 is 11.1 Å². The number of benzene rings is 1. The predicted octanol–water partition coefficient (Wildman–Crippen LogP) is 3.03. The lowest BCUT2D eigenvalue weighted by atomic mass is 9.82. The molecule has 0 amide bonds. The SMILES string of the molecule is Nc1cc(Cl)ccc1NC1(CO)CCCCC1. The van der Waals surface area contributed by atoms with Gasteiger partial charge in [0.25, 0.3) is 0 Å². The fourth-order valence-electron chi connectivity index (χ4n) is 2.48. The monoisotopic (exact) mass is 254 g/mol. The van der Waals surface area contributed by atoms with Gasteiger partial charge < -0.3 is 16.2 Å². The standard InChI is InChI=1S/C13H19ClN2O/c14-10-4-5-12(11(15)8-10)16-13(9-17)6-2-1-3-7-13/h4-5,8,16-17H,1-3,6-7,9,15H2. The van der Waals surface area contributed by atoms with Crippen LogP contribution in [0, 0.1) is 0 Å². The second-order valence-corrected chi connectivity index (χ2v) is 5.29. The van der Waals surface area contributed by atoms with Gasteiger partial charge in [-0.15, -0.1) is 0 Å². The zero-order valence-corrected chi connectivity index (χ0v) is 10.6. The van der Waals surface area contributed by atoms with Crippen LogP contribution in [0.3, 0.4) is 0 Å². The molecular formula is C13H19ClN2O. The van der Waals surface area contributed by atoms with Crippen LogP contribution in [-0.4, -0.2) is 17.3 Å². The Balaban J connectivity index is 2.17. The van der Waals surface area contributed by atoms with Crippen molar-refractivity contribution in [1.82, 2.24) is 0 Å². The topological polar surface area (TPSA) is 58.3 Å². The van der Waals surface area contributed by atoms with Gasteiger partial charge in [0.2, 0.25) is 0 Å². The molecule has 1 aliphatic carbocycles. The minimum absolute atomic E-state index is 0.148. The highest BCUT2D eigenvalue weighted by molar-refractivity contribution is 6.31. The number of hydrogen-bond donors (Lipinski definition) is 3. The van der Waals surface area contributed by atoms with Crippen LogP contribution in [0.2, 0.25) is 5.02 Å². The molecule has 0 aliphatic heterocycles. The van der Waals surface area contributed by atoms with Crippen LogP contribution in [0.5, 0.6) is 0 Å². The lowest BCUT2D eigenvalue weighted by Crippen LogP contribution is -2.44. The van der Waals surface area contributed by atoms with Crippen molar-refractivity contribution < 1.29 is 5.11 Å². The number of nitrogens with one attached hydrogen (secondary N) is 1. The Morgan fingerprint density at radius 2 is 2.00 bits per heavy atom. The second kappa shape index (κ2) is 5.15. The first-order valence-electron chi connectivity index (χ1n) is 6.09. The molecule has 0 aromatic heterocycles. The third-order valence-electron chi connectivity index (χ3n) is 3.53. The normalized spacial score (nSPS) is 18.9. The summed E-state index contributed by atoms with van der Waals surface area (Å²) < 4.78 is 0. The maximum Gasteiger partial charge on any atom is 0.0661 e. The third-order valence-corrected chi connectivity index (χ3v) is 3.76. The number of halogens is 1. The summed E-state index contributed by atoms with van der Waals surface area (Å²) in [5.41, 5.74) is 7.22. The van der Waals surface area contributed by atoms with Crippen LogP contribution in [-0.2, 0) is 0 Å². The van der Waals surface area contributed by atoms with Crippen molar-refractivity contribution in [2.45, 2.75) is 37.6 Å². The van der Waals surface area contributed by atoms with Crippen molar-refractivity contribution in [2.24, 2.45) is 0 Å². The van der Waals surface area contributed by atoms with Crippen molar-refractivity contribution >= 4 is 23.0 Å². The Morgan fingerprint density at radius 1 is 1.29 bits per heavy atom. The van der Waals surface area contributed by atoms with Gasteiger partial charge in [0, 0.05) is 5.02 Å². The lowest BCUT2D eigenvalue weighted by molar-refractivity contribution is 0.173. The Kier molecular flexibility index (Phi) is 3.79. The molecule has 1 aromatic rings. The largest absolute Gasteiger partial charge is 0.397 e. The van der Waals surface area contributed by atoms with Crippen LogP contribution >= 0.6 is 11.6 Å². The number of aliphatic hydroxyl groups excluding tert-OH is 1. The molecule has 4 heteroatoms. The van der Waals surface area contributed by atoms with Crippen LogP contribution in [0.25, 0.3) is 0 Å². The van der Waals surface area contributed by atoms with E-state index in [1.807, 2.05) is 12.1 Å². The van der Waals surface area contributed by atoms with Crippen LogP contribution in [0.15, 0.2) is 18.2 Å². The van der Waals surface area contributed by atoms with E-state index < -0.39 is 0 Å². The summed E-state index contributed by atoms with van der Waals surface area (Å²) in [5.74, 6) is 0. The molecule has 0 spiro atoms. The van der Waals surface area contributed by atoms with E-state index >= 15 is 0 Å². The van der Waals surface area contributed by atoms with Crippen LogP contribution in [0.1, 0.15) is 32.1 Å². The number of rotatable bonds is 3. The first-order valence-corrected chi connectivity index (χ1v) is 6.47. The Hall–Kier alpha value is -0.930. The molecule has 1 aliphatic rings. The number of aliphatic hydroxyl groups is 1. The molecule has 0 saturated heterocycles. The maximum atomic E-state index is 9.62. The highest BCUT2D eigenvalue weighted by Crippen LogP contribution is 2.33. The van der Waals surface area contributed by atoms with E-state index in [1.54, 1.807) is 6.07 Å². The predicted molar refractivity (Wildman–Crippen MR) is 72.4 cm³/mol. The minimum atomic E-state index is -0.208. The van der Waals surface area contributed by atoms with Gasteiger partial charge in [0.1, 0.15) is 0 Å². The molecule has 0 atom stereocenters. The van der Waals surface area contributed by atoms with E-state index in [0.29, 0.717) is 10.7 Å². The molecule has 1 saturated carbocycles. The summed E-state index contributed by atoms with van der Waals surface area (Å²) in [7, 11) is 0. The first kappa shape index (κ1) is 12.5. The summed E-state index contributed by atoms with van der Waals surface area (Å²) in [6.07, 6.45) is 5.54. The summed E-state index contributed by atoms with van der Waals surface area (Å²) in [6.45, 7) is 0.148. The fraction of sp³-hybridized carbons (Fsp3) is 0.538. The molecular weight excluding hydrogens is 236 g/mol. The average Bonchev–Trinajstić information content (AvgIpc) is 2.34. The second-order valence-electron chi connectivity index (χ2n) is 4.86. The smallest absolute Gasteiger partial charge is 0.0661 e. The highest BCUT2D eigenvalue weighted by atomic mass is 35.5. The van der Waals surface area contributed by atoms with Crippen molar-refractivity contribution in [1.29, 1.82) is 0 Å². The van der Waals surface area contributed by atoms with Crippen molar-refractivity contribution in [3.05, 3.63) is 23.2 Å². The van der Waals surface area contributed by atoms with Gasteiger partial charge >= 0.3 is 0 Å². The number of nitrogens with two attached hydrogens (primary N) is 1. The third kappa shape index (κ3) is 2.85. The van der Waals surface area contributed by atoms with Gasteiger partial charge in [0.05, 0.1) is 23.5 Å². The van der Waals surface area contributed by atoms with Crippen molar-refractivity contribution in [3.8, 4) is 0 Å². The number of anilines is 2. The molecule has 2 rings (SSSR count). The zero-order chi connectivity index (χ0) is 12.3. The molecule has 17 heavy (non-hydrogen) atoms. The quantitative estimate of drug-likeness (QED) is 0.727. The van der Waals surface area contributed by atoms with Gasteiger partial charge in [-0.2, -0.15) is 0 Å². The molecule has 94 valence electrons. The van der Waals surface area contributed by atoms with Gasteiger partial charge in [-0.05, 0) is 31.0 Å². The van der Waals surface area contributed by atoms with Gasteiger partial charge in [-0.1, -0.05) is 30.9 Å². The fourth-order valence-corrected chi connectivity index (χ4v) is 2.66. The molecule has 0 heterocycles. The van der Waals surface area contributed by atoms with Gasteiger partial charge in [0.15, 0.2) is 0 Å². The molecule has 0 bridgehead atoms. The average molecular weight is 255 g/mol. The Morgan fingerprint density at radius 3 is 2.59 bits per heavy atom. The molecule has 4 N–H and O–H groups in total. The summed E-state index contributed by atoms with van der Waals surface area (Å²) >= 11 is 5.87. The summed E-state index contributed by atoms with van der Waals surface area (Å²) in [4.78, 5) is 0. The first-order chi connectivity index (χ1) is 8.15. The molecule has 1 aromatic carbocycles. The van der Waals surface area contributed by atoms with E-state index in [4.69, 9.17) is 17.3 Å². The molecule has 3 nitrogen and oxygen atoms in total. The molecule has 0 radical (unpaired) electrons. The molecule has 0 unspecified atom stereocenters. The van der Waals surface area contributed by atoms with E-state index in [1.165, 1.54) is 6.42 Å². The van der Waals surface area contributed by atoms with E-state index in [-0.39, 0.29) is 12.1 Å². The van der Waals surface area contributed by atoms with Crippen molar-refractivity contribution in [2.75, 3.05) is 17.7 Å². The Labute approximate surface area is 107 Å². The summed E-state index contributed by atoms with van der Waals surface area (Å²) in [5, 5.41) is 13.7. The van der Waals surface area contributed by atoms with Gasteiger partial charge in [-0.3, -0.25) is 0 Å². The zero-order valence-electron chi connectivity index (χ0n) is 9.88. The van der Waals surface area contributed by atoms with E-state index in [0.717, 1.165) is 31.4 Å². The van der Waals surface area contributed by atoms with Crippen molar-refractivity contribution in [3.63, 3.8) is 0 Å². The number of hydrogen-bond acceptors (Lipinski definition) is 3. The molecule has 1 fully saturated rings.